The number of nitrogens with zero attached hydrogens (tertiary/aromatic N) is 1. The van der Waals surface area contributed by atoms with Gasteiger partial charge in [-0.15, -0.1) is 0 Å². The molecule has 3 rings (SSSR count). The molecule has 0 atom stereocenters. The average Bonchev–Trinajstić information content (AvgIpc) is 2.83. The minimum atomic E-state index is -0.878. The number of hydrazone groups is 1. The van der Waals surface area contributed by atoms with E-state index in [1.54, 1.807) is 49.4 Å². The van der Waals surface area contributed by atoms with Crippen molar-refractivity contribution in [1.82, 2.24) is 5.43 Å². The van der Waals surface area contributed by atoms with Crippen LogP contribution in [0.5, 0.6) is 11.5 Å². The standard InChI is InChI=1S/C26H25Cl2N3O4/c1-15-5-6-16(2)22(11-15)29-25(32)26(33)31-30-17(3)18-8-10-23(24(12-18)34-4)35-14-19-7-9-20(27)13-21(19)28/h5-13H,14H2,1-4H3,(H,29,32)(H,31,33)/b30-17+. The molecule has 7 nitrogen and oxygen atoms in total. The van der Waals surface area contributed by atoms with Crippen LogP contribution in [-0.2, 0) is 16.2 Å². The number of methoxy groups -OCH3 is 1. The van der Waals surface area contributed by atoms with Crippen molar-refractivity contribution in [2.75, 3.05) is 12.4 Å². The van der Waals surface area contributed by atoms with Crippen molar-refractivity contribution in [3.8, 4) is 11.5 Å². The minimum absolute atomic E-state index is 0.227. The van der Waals surface area contributed by atoms with E-state index >= 15 is 0 Å². The molecule has 0 spiro atoms. The van der Waals surface area contributed by atoms with E-state index in [4.69, 9.17) is 32.7 Å². The topological polar surface area (TPSA) is 89.0 Å². The first kappa shape index (κ1) is 26.1. The second kappa shape index (κ2) is 11.7. The molecule has 182 valence electrons. The lowest BCUT2D eigenvalue weighted by atomic mass is 10.1. The predicted molar refractivity (Wildman–Crippen MR) is 139 cm³/mol. The van der Waals surface area contributed by atoms with E-state index in [-0.39, 0.29) is 6.61 Å². The maximum atomic E-state index is 12.3. The summed E-state index contributed by atoms with van der Waals surface area (Å²) in [6.07, 6.45) is 0. The van der Waals surface area contributed by atoms with Gasteiger partial charge in [0.2, 0.25) is 0 Å². The molecular weight excluding hydrogens is 489 g/mol. The quantitative estimate of drug-likeness (QED) is 0.241. The van der Waals surface area contributed by atoms with Gasteiger partial charge in [-0.3, -0.25) is 9.59 Å². The van der Waals surface area contributed by atoms with Crippen LogP contribution in [-0.4, -0.2) is 24.6 Å². The third-order valence-corrected chi connectivity index (χ3v) is 5.74. The number of aryl methyl sites for hydroxylation is 2. The number of benzene rings is 3. The molecule has 3 aromatic rings. The van der Waals surface area contributed by atoms with Gasteiger partial charge in [-0.2, -0.15) is 5.10 Å². The summed E-state index contributed by atoms with van der Waals surface area (Å²) < 4.78 is 11.3. The van der Waals surface area contributed by atoms with E-state index in [1.807, 2.05) is 26.0 Å². The smallest absolute Gasteiger partial charge is 0.329 e. The fourth-order valence-electron chi connectivity index (χ4n) is 3.11. The molecule has 0 aliphatic rings. The van der Waals surface area contributed by atoms with E-state index in [9.17, 15) is 9.59 Å². The number of hydrogen-bond acceptors (Lipinski definition) is 5. The van der Waals surface area contributed by atoms with Crippen molar-refractivity contribution in [1.29, 1.82) is 0 Å². The summed E-state index contributed by atoms with van der Waals surface area (Å²) in [5.41, 5.74) is 6.61. The number of ether oxygens (including phenoxy) is 2. The highest BCUT2D eigenvalue weighted by molar-refractivity contribution is 6.39. The molecule has 3 aromatic carbocycles. The number of carbonyl (C=O) groups excluding carboxylic acids is 2. The van der Waals surface area contributed by atoms with Crippen molar-refractivity contribution in [2.45, 2.75) is 27.4 Å². The van der Waals surface area contributed by atoms with Crippen LogP contribution in [0.1, 0.15) is 29.2 Å². The largest absolute Gasteiger partial charge is 0.493 e. The fraction of sp³-hybridized carbons (Fsp3) is 0.192. The molecule has 0 bridgehead atoms. The highest BCUT2D eigenvalue weighted by atomic mass is 35.5. The van der Waals surface area contributed by atoms with Crippen LogP contribution in [0.15, 0.2) is 59.7 Å². The van der Waals surface area contributed by atoms with Crippen LogP contribution in [0.25, 0.3) is 0 Å². The summed E-state index contributed by atoms with van der Waals surface area (Å²) in [7, 11) is 1.52. The minimum Gasteiger partial charge on any atom is -0.493 e. The van der Waals surface area contributed by atoms with Crippen LogP contribution >= 0.6 is 23.2 Å². The SMILES string of the molecule is COc1cc(/C(C)=N/NC(=O)C(=O)Nc2cc(C)ccc2C)ccc1OCc1ccc(Cl)cc1Cl. The Morgan fingerprint density at radius 2 is 1.71 bits per heavy atom. The third-order valence-electron chi connectivity index (χ3n) is 5.15. The van der Waals surface area contributed by atoms with Crippen molar-refractivity contribution in [2.24, 2.45) is 5.10 Å². The molecule has 0 aromatic heterocycles. The first-order valence-corrected chi connectivity index (χ1v) is 11.4. The average molecular weight is 514 g/mol. The first-order valence-electron chi connectivity index (χ1n) is 10.7. The Hall–Kier alpha value is -3.55. The molecule has 0 saturated heterocycles. The van der Waals surface area contributed by atoms with Gasteiger partial charge in [-0.1, -0.05) is 41.4 Å². The summed E-state index contributed by atoms with van der Waals surface area (Å²) in [5, 5.41) is 7.70. The molecule has 35 heavy (non-hydrogen) atoms. The zero-order valence-electron chi connectivity index (χ0n) is 19.7. The number of rotatable bonds is 7. The molecular formula is C26H25Cl2N3O4. The molecule has 0 radical (unpaired) electrons. The van der Waals surface area contributed by atoms with Crippen LogP contribution in [0, 0.1) is 13.8 Å². The maximum absolute atomic E-state index is 12.3. The van der Waals surface area contributed by atoms with E-state index in [1.165, 1.54) is 7.11 Å². The van der Waals surface area contributed by atoms with E-state index in [0.717, 1.165) is 16.7 Å². The molecule has 2 N–H and O–H groups in total. The van der Waals surface area contributed by atoms with Gasteiger partial charge >= 0.3 is 11.8 Å². The molecule has 0 fully saturated rings. The molecule has 0 saturated carbocycles. The molecule has 0 heterocycles. The van der Waals surface area contributed by atoms with Crippen molar-refractivity contribution >= 4 is 46.4 Å². The lowest BCUT2D eigenvalue weighted by molar-refractivity contribution is -0.136. The Kier molecular flexibility index (Phi) is 8.73. The highest BCUT2D eigenvalue weighted by Gasteiger charge is 2.15. The van der Waals surface area contributed by atoms with Crippen LogP contribution < -0.4 is 20.2 Å². The summed E-state index contributed by atoms with van der Waals surface area (Å²) >= 11 is 12.1. The number of carbonyl (C=O) groups is 2. The Morgan fingerprint density at radius 1 is 0.943 bits per heavy atom. The second-order valence-corrected chi connectivity index (χ2v) is 8.64. The lowest BCUT2D eigenvalue weighted by Crippen LogP contribution is -2.33. The third kappa shape index (κ3) is 6.97. The summed E-state index contributed by atoms with van der Waals surface area (Å²) in [4.78, 5) is 24.5. The second-order valence-electron chi connectivity index (χ2n) is 7.80. The number of halogens is 2. The monoisotopic (exact) mass is 513 g/mol. The number of nitrogens with one attached hydrogen (secondary N) is 2. The van der Waals surface area contributed by atoms with Crippen LogP contribution in [0.4, 0.5) is 5.69 Å². The Bertz CT molecular complexity index is 1290. The zero-order chi connectivity index (χ0) is 25.5. The molecule has 0 aliphatic heterocycles. The first-order chi connectivity index (χ1) is 16.7. The van der Waals surface area contributed by atoms with Gasteiger partial charge in [0.1, 0.15) is 6.61 Å². The Morgan fingerprint density at radius 3 is 2.43 bits per heavy atom. The van der Waals surface area contributed by atoms with E-state index in [0.29, 0.717) is 38.5 Å². The van der Waals surface area contributed by atoms with Crippen LogP contribution in [0.3, 0.4) is 0 Å². The van der Waals surface area contributed by atoms with E-state index in [2.05, 4.69) is 15.8 Å². The van der Waals surface area contributed by atoms with Crippen LogP contribution in [0.2, 0.25) is 10.0 Å². The summed E-state index contributed by atoms with van der Waals surface area (Å²) in [6.45, 7) is 5.68. The molecule has 9 heteroatoms. The summed E-state index contributed by atoms with van der Waals surface area (Å²) in [6, 6.07) is 16.0. The van der Waals surface area contributed by atoms with Gasteiger partial charge in [0, 0.05) is 26.9 Å². The number of anilines is 1. The van der Waals surface area contributed by atoms with Gasteiger partial charge in [-0.05, 0) is 68.3 Å². The Balaban J connectivity index is 1.65. The summed E-state index contributed by atoms with van der Waals surface area (Å²) in [5.74, 6) is -0.706. The van der Waals surface area contributed by atoms with Gasteiger partial charge in [-0.25, -0.2) is 5.43 Å². The Labute approximate surface area is 214 Å². The van der Waals surface area contributed by atoms with Gasteiger partial charge in [0.15, 0.2) is 11.5 Å². The van der Waals surface area contributed by atoms with Crippen molar-refractivity contribution in [3.05, 3.63) is 86.9 Å². The fourth-order valence-corrected chi connectivity index (χ4v) is 3.57. The molecule has 2 amide bonds. The maximum Gasteiger partial charge on any atom is 0.329 e. The normalized spacial score (nSPS) is 11.1. The van der Waals surface area contributed by atoms with Gasteiger partial charge in [0.05, 0.1) is 12.8 Å². The van der Waals surface area contributed by atoms with Crippen molar-refractivity contribution < 1.29 is 19.1 Å². The molecule has 0 aliphatic carbocycles. The van der Waals surface area contributed by atoms with Gasteiger partial charge in [0.25, 0.3) is 0 Å². The predicted octanol–water partition coefficient (Wildman–Crippen LogP) is 5.68. The highest BCUT2D eigenvalue weighted by Crippen LogP contribution is 2.30. The number of amides is 2. The molecule has 0 unspecified atom stereocenters. The van der Waals surface area contributed by atoms with Crippen molar-refractivity contribution in [3.63, 3.8) is 0 Å². The van der Waals surface area contributed by atoms with Gasteiger partial charge < -0.3 is 14.8 Å². The lowest BCUT2D eigenvalue weighted by Gasteiger charge is -2.13. The van der Waals surface area contributed by atoms with E-state index < -0.39 is 11.8 Å². The number of hydrogen-bond donors (Lipinski definition) is 2. The zero-order valence-corrected chi connectivity index (χ0v) is 21.3.